The lowest BCUT2D eigenvalue weighted by atomic mass is 9.92. The van der Waals surface area contributed by atoms with E-state index in [1.165, 1.54) is 0 Å². The molecule has 1 amide bonds. The fraction of sp³-hybridized carbons (Fsp3) is 0.714. The van der Waals surface area contributed by atoms with E-state index in [1.54, 1.807) is 4.90 Å². The highest BCUT2D eigenvalue weighted by molar-refractivity contribution is 5.67. The van der Waals surface area contributed by atoms with Gasteiger partial charge in [-0.15, -0.1) is 0 Å². The van der Waals surface area contributed by atoms with E-state index < -0.39 is 0 Å². The molecule has 1 fully saturated rings. The Balaban J connectivity index is 1.84. The van der Waals surface area contributed by atoms with E-state index in [0.717, 1.165) is 36.9 Å². The number of amides is 1. The van der Waals surface area contributed by atoms with Crippen molar-refractivity contribution in [3.05, 3.63) is 21.6 Å². The summed E-state index contributed by atoms with van der Waals surface area (Å²) >= 11 is 0. The average molecular weight is 281 g/mol. The van der Waals surface area contributed by atoms with Gasteiger partial charge in [-0.25, -0.2) is 4.79 Å². The standard InChI is InChI=1S/C14H23N3O3/c1-3-4-9-20-14(19)17-7-5-11(6-8-17)12-10(2)13(18)16-15-12/h11H,3-9H2,1-2H3,(H2,15,16,18). The van der Waals surface area contributed by atoms with Crippen molar-refractivity contribution < 1.29 is 9.53 Å². The number of carbonyl (C=O) groups excluding carboxylic acids is 1. The Hall–Kier alpha value is -1.72. The number of rotatable bonds is 4. The molecule has 6 nitrogen and oxygen atoms in total. The second kappa shape index (κ2) is 6.63. The minimum atomic E-state index is -0.212. The second-order valence-corrected chi connectivity index (χ2v) is 5.35. The molecular formula is C14H23N3O3. The first kappa shape index (κ1) is 14.7. The van der Waals surface area contributed by atoms with Crippen LogP contribution >= 0.6 is 0 Å². The Morgan fingerprint density at radius 3 is 2.60 bits per heavy atom. The maximum absolute atomic E-state index is 11.8. The minimum Gasteiger partial charge on any atom is -0.449 e. The molecule has 2 N–H and O–H groups in total. The van der Waals surface area contributed by atoms with Crippen LogP contribution in [0.5, 0.6) is 0 Å². The van der Waals surface area contributed by atoms with Crippen LogP contribution in [0.25, 0.3) is 0 Å². The fourth-order valence-electron chi connectivity index (χ4n) is 2.59. The number of aromatic nitrogens is 2. The number of nitrogens with one attached hydrogen (secondary N) is 2. The third kappa shape index (κ3) is 3.23. The van der Waals surface area contributed by atoms with Crippen molar-refractivity contribution in [1.82, 2.24) is 15.1 Å². The molecule has 1 aliphatic rings. The van der Waals surface area contributed by atoms with Crippen molar-refractivity contribution in [3.8, 4) is 0 Å². The molecule has 2 heterocycles. The quantitative estimate of drug-likeness (QED) is 0.830. The van der Waals surface area contributed by atoms with Crippen LogP contribution in [0.15, 0.2) is 4.79 Å². The number of hydrogen-bond donors (Lipinski definition) is 2. The van der Waals surface area contributed by atoms with E-state index in [0.29, 0.717) is 25.6 Å². The predicted molar refractivity (Wildman–Crippen MR) is 76.0 cm³/mol. The lowest BCUT2D eigenvalue weighted by Gasteiger charge is -2.31. The summed E-state index contributed by atoms with van der Waals surface area (Å²) in [6.07, 6.45) is 3.44. The van der Waals surface area contributed by atoms with Crippen LogP contribution in [0.3, 0.4) is 0 Å². The van der Waals surface area contributed by atoms with Crippen molar-refractivity contribution in [2.45, 2.75) is 45.4 Å². The maximum atomic E-state index is 11.8. The van der Waals surface area contributed by atoms with E-state index in [1.807, 2.05) is 6.92 Å². The highest BCUT2D eigenvalue weighted by Gasteiger charge is 2.26. The maximum Gasteiger partial charge on any atom is 0.409 e. The van der Waals surface area contributed by atoms with Crippen molar-refractivity contribution in [3.63, 3.8) is 0 Å². The Morgan fingerprint density at radius 2 is 2.05 bits per heavy atom. The summed E-state index contributed by atoms with van der Waals surface area (Å²) in [6.45, 7) is 5.76. The van der Waals surface area contributed by atoms with Crippen molar-refractivity contribution in [1.29, 1.82) is 0 Å². The third-order valence-corrected chi connectivity index (χ3v) is 3.94. The van der Waals surface area contributed by atoms with Gasteiger partial charge in [0.2, 0.25) is 0 Å². The number of piperidine rings is 1. The number of likely N-dealkylation sites (tertiary alicyclic amines) is 1. The van der Waals surface area contributed by atoms with Crippen molar-refractivity contribution >= 4 is 6.09 Å². The van der Waals surface area contributed by atoms with Gasteiger partial charge in [-0.2, -0.15) is 0 Å². The van der Waals surface area contributed by atoms with Gasteiger partial charge in [0.1, 0.15) is 0 Å². The van der Waals surface area contributed by atoms with Gasteiger partial charge in [-0.05, 0) is 26.2 Å². The molecule has 0 saturated carbocycles. The highest BCUT2D eigenvalue weighted by Crippen LogP contribution is 2.27. The summed E-state index contributed by atoms with van der Waals surface area (Å²) in [6, 6.07) is 0. The Bertz CT molecular complexity index is 498. The number of carbonyl (C=O) groups is 1. The van der Waals surface area contributed by atoms with Gasteiger partial charge in [0.05, 0.1) is 6.61 Å². The van der Waals surface area contributed by atoms with Crippen LogP contribution in [0.2, 0.25) is 0 Å². The van der Waals surface area contributed by atoms with Crippen LogP contribution in [0.1, 0.15) is 49.8 Å². The van der Waals surface area contributed by atoms with Gasteiger partial charge in [-0.1, -0.05) is 13.3 Å². The zero-order valence-electron chi connectivity index (χ0n) is 12.2. The summed E-state index contributed by atoms with van der Waals surface area (Å²) in [5.74, 6) is 0.314. The summed E-state index contributed by atoms with van der Waals surface area (Å²) < 4.78 is 5.21. The van der Waals surface area contributed by atoms with Crippen molar-refractivity contribution in [2.24, 2.45) is 0 Å². The summed E-state index contributed by atoms with van der Waals surface area (Å²) in [4.78, 5) is 25.0. The molecule has 0 unspecified atom stereocenters. The minimum absolute atomic E-state index is 0.0543. The highest BCUT2D eigenvalue weighted by atomic mass is 16.6. The Morgan fingerprint density at radius 1 is 1.35 bits per heavy atom. The summed E-state index contributed by atoms with van der Waals surface area (Å²) in [5, 5.41) is 5.57. The van der Waals surface area contributed by atoms with Crippen molar-refractivity contribution in [2.75, 3.05) is 19.7 Å². The van der Waals surface area contributed by atoms with Gasteiger partial charge < -0.3 is 14.7 Å². The topological polar surface area (TPSA) is 78.2 Å². The third-order valence-electron chi connectivity index (χ3n) is 3.94. The molecule has 0 radical (unpaired) electrons. The first-order valence-electron chi connectivity index (χ1n) is 7.32. The molecule has 0 aromatic carbocycles. The Kier molecular flexibility index (Phi) is 4.87. The molecule has 1 saturated heterocycles. The summed E-state index contributed by atoms with van der Waals surface area (Å²) in [5.41, 5.74) is 1.68. The number of hydrogen-bond acceptors (Lipinski definition) is 3. The zero-order chi connectivity index (χ0) is 14.5. The Labute approximate surface area is 118 Å². The lowest BCUT2D eigenvalue weighted by molar-refractivity contribution is 0.0914. The summed E-state index contributed by atoms with van der Waals surface area (Å²) in [7, 11) is 0. The van der Waals surface area contributed by atoms with Crippen LogP contribution in [-0.2, 0) is 4.74 Å². The normalized spacial score (nSPS) is 16.4. The average Bonchev–Trinajstić information content (AvgIpc) is 2.79. The van der Waals surface area contributed by atoms with Gasteiger partial charge in [0.15, 0.2) is 0 Å². The molecule has 2 rings (SSSR count). The SMILES string of the molecule is CCCCOC(=O)N1CCC(c2[nH][nH]c(=O)c2C)CC1. The van der Waals surface area contributed by atoms with Gasteiger partial charge >= 0.3 is 6.09 Å². The molecule has 20 heavy (non-hydrogen) atoms. The molecule has 1 aromatic rings. The molecule has 112 valence electrons. The predicted octanol–water partition coefficient (Wildman–Crippen LogP) is 2.13. The number of unbranched alkanes of at least 4 members (excludes halogenated alkanes) is 1. The lowest BCUT2D eigenvalue weighted by Crippen LogP contribution is -2.38. The van der Waals surface area contributed by atoms with E-state index in [4.69, 9.17) is 4.74 Å². The first-order chi connectivity index (χ1) is 9.63. The second-order valence-electron chi connectivity index (χ2n) is 5.35. The van der Waals surface area contributed by atoms with Crippen LogP contribution in [-0.4, -0.2) is 40.9 Å². The molecular weight excluding hydrogens is 258 g/mol. The monoisotopic (exact) mass is 281 g/mol. The number of ether oxygens (including phenoxy) is 1. The van der Waals surface area contributed by atoms with Crippen LogP contribution in [0, 0.1) is 6.92 Å². The fourth-order valence-corrected chi connectivity index (χ4v) is 2.59. The van der Waals surface area contributed by atoms with Gasteiger partial charge in [0.25, 0.3) is 5.56 Å². The molecule has 0 aliphatic carbocycles. The molecule has 0 atom stereocenters. The number of aromatic amines is 2. The molecule has 1 aliphatic heterocycles. The number of H-pyrrole nitrogens is 2. The molecule has 0 bridgehead atoms. The zero-order valence-corrected chi connectivity index (χ0v) is 12.2. The molecule has 1 aromatic heterocycles. The molecule has 6 heteroatoms. The van der Waals surface area contributed by atoms with Crippen LogP contribution < -0.4 is 5.56 Å². The molecule has 0 spiro atoms. The first-order valence-corrected chi connectivity index (χ1v) is 7.32. The van der Waals surface area contributed by atoms with Gasteiger partial charge in [0, 0.05) is 30.3 Å². The van der Waals surface area contributed by atoms with E-state index in [2.05, 4.69) is 17.1 Å². The van der Waals surface area contributed by atoms with Crippen LogP contribution in [0.4, 0.5) is 4.79 Å². The van der Waals surface area contributed by atoms with E-state index >= 15 is 0 Å². The van der Waals surface area contributed by atoms with Gasteiger partial charge in [-0.3, -0.25) is 9.89 Å². The van der Waals surface area contributed by atoms with E-state index in [-0.39, 0.29) is 11.7 Å². The van der Waals surface area contributed by atoms with E-state index in [9.17, 15) is 9.59 Å². The number of nitrogens with zero attached hydrogens (tertiary/aromatic N) is 1. The largest absolute Gasteiger partial charge is 0.449 e. The smallest absolute Gasteiger partial charge is 0.409 e.